The topological polar surface area (TPSA) is 124 Å². The molecule has 1 saturated heterocycles. The van der Waals surface area contributed by atoms with Crippen molar-refractivity contribution >= 4 is 40.1 Å². The van der Waals surface area contributed by atoms with Crippen molar-refractivity contribution in [2.45, 2.75) is 19.8 Å². The van der Waals surface area contributed by atoms with Gasteiger partial charge in [-0.15, -0.1) is 11.3 Å². The zero-order valence-corrected chi connectivity index (χ0v) is 19.4. The molecule has 1 N–H and O–H groups in total. The van der Waals surface area contributed by atoms with Gasteiger partial charge in [-0.2, -0.15) is 0 Å². The van der Waals surface area contributed by atoms with Gasteiger partial charge in [0.05, 0.1) is 18.8 Å². The highest BCUT2D eigenvalue weighted by molar-refractivity contribution is 7.15. The number of nitrogens with one attached hydrogen (secondary N) is 1. The number of carbonyl (C=O) groups excluding carboxylic acids is 3. The molecule has 0 aliphatic carbocycles. The summed E-state index contributed by atoms with van der Waals surface area (Å²) >= 11 is 1.17. The molecule has 34 heavy (non-hydrogen) atoms. The molecule has 1 aliphatic rings. The molecule has 4 heterocycles. The van der Waals surface area contributed by atoms with Crippen LogP contribution in [0, 0.1) is 5.92 Å². The minimum absolute atomic E-state index is 0.187. The number of aromatic nitrogens is 2. The number of thiophene rings is 1. The summed E-state index contributed by atoms with van der Waals surface area (Å²) < 4.78 is 15.8. The smallest absolute Gasteiger partial charge is 0.341 e. The average molecular weight is 485 g/mol. The molecule has 178 valence electrons. The highest BCUT2D eigenvalue weighted by atomic mass is 32.1. The Morgan fingerprint density at radius 2 is 1.94 bits per heavy atom. The first kappa shape index (κ1) is 23.4. The summed E-state index contributed by atoms with van der Waals surface area (Å²) in [5, 5.41) is 4.67. The molecule has 0 bridgehead atoms. The van der Waals surface area contributed by atoms with Crippen LogP contribution in [0.1, 0.15) is 30.1 Å². The summed E-state index contributed by atoms with van der Waals surface area (Å²) in [6.45, 7) is 2.70. The van der Waals surface area contributed by atoms with Gasteiger partial charge in [-0.3, -0.25) is 9.59 Å². The van der Waals surface area contributed by atoms with E-state index < -0.39 is 24.5 Å². The Hall–Kier alpha value is -3.73. The maximum absolute atomic E-state index is 12.5. The van der Waals surface area contributed by atoms with E-state index in [1.807, 2.05) is 4.90 Å². The molecule has 4 rings (SSSR count). The van der Waals surface area contributed by atoms with Crippen molar-refractivity contribution in [1.82, 2.24) is 9.97 Å². The molecule has 1 aliphatic heterocycles. The van der Waals surface area contributed by atoms with Crippen LogP contribution >= 0.6 is 11.3 Å². The van der Waals surface area contributed by atoms with Crippen LogP contribution in [0.3, 0.4) is 0 Å². The maximum Gasteiger partial charge on any atom is 0.341 e. The van der Waals surface area contributed by atoms with E-state index in [0.29, 0.717) is 48.2 Å². The molecule has 11 heteroatoms. The lowest BCUT2D eigenvalue weighted by atomic mass is 9.97. The highest BCUT2D eigenvalue weighted by Gasteiger charge is 2.28. The van der Waals surface area contributed by atoms with Crippen molar-refractivity contribution in [2.75, 3.05) is 36.5 Å². The first-order valence-electron chi connectivity index (χ1n) is 10.9. The number of rotatable bonds is 8. The van der Waals surface area contributed by atoms with Gasteiger partial charge in [0, 0.05) is 36.4 Å². The van der Waals surface area contributed by atoms with Gasteiger partial charge in [-0.1, -0.05) is 0 Å². The molecule has 1 fully saturated rings. The normalized spacial score (nSPS) is 14.0. The van der Waals surface area contributed by atoms with Crippen molar-refractivity contribution < 1.29 is 28.3 Å². The third kappa shape index (κ3) is 5.42. The number of hydrogen-bond donors (Lipinski definition) is 1. The van der Waals surface area contributed by atoms with E-state index in [-0.39, 0.29) is 18.1 Å². The fourth-order valence-corrected chi connectivity index (χ4v) is 4.61. The molecule has 10 nitrogen and oxygen atoms in total. The monoisotopic (exact) mass is 484 g/mol. The summed E-state index contributed by atoms with van der Waals surface area (Å²) in [5.74, 6) is -0.708. The third-order valence-electron chi connectivity index (χ3n) is 5.32. The molecular weight excluding hydrogens is 460 g/mol. The summed E-state index contributed by atoms with van der Waals surface area (Å²) in [5.41, 5.74) is 0.729. The minimum atomic E-state index is -0.573. The number of ether oxygens (including phenoxy) is 2. The van der Waals surface area contributed by atoms with Gasteiger partial charge in [0.25, 0.3) is 5.91 Å². The van der Waals surface area contributed by atoms with E-state index in [9.17, 15) is 14.4 Å². The van der Waals surface area contributed by atoms with Crippen molar-refractivity contribution in [3.8, 4) is 11.3 Å². The van der Waals surface area contributed by atoms with Crippen LogP contribution in [0.5, 0.6) is 0 Å². The number of amides is 1. The van der Waals surface area contributed by atoms with E-state index in [4.69, 9.17) is 13.9 Å². The largest absolute Gasteiger partial charge is 0.464 e. The summed E-state index contributed by atoms with van der Waals surface area (Å²) in [7, 11) is 0. The van der Waals surface area contributed by atoms with Crippen LogP contribution in [-0.4, -0.2) is 54.1 Å². The van der Waals surface area contributed by atoms with Gasteiger partial charge in [0.1, 0.15) is 16.3 Å². The van der Waals surface area contributed by atoms with Crippen LogP contribution in [0.2, 0.25) is 0 Å². The Balaban J connectivity index is 1.32. The molecule has 0 aromatic carbocycles. The van der Waals surface area contributed by atoms with Crippen LogP contribution in [0.4, 0.5) is 10.9 Å². The Morgan fingerprint density at radius 1 is 1.18 bits per heavy atom. The van der Waals surface area contributed by atoms with Crippen LogP contribution < -0.4 is 10.2 Å². The van der Waals surface area contributed by atoms with Crippen molar-refractivity contribution in [1.29, 1.82) is 0 Å². The number of hydrogen-bond acceptors (Lipinski definition) is 10. The quantitative estimate of drug-likeness (QED) is 0.479. The lowest BCUT2D eigenvalue weighted by molar-refractivity contribution is -0.152. The number of furan rings is 1. The van der Waals surface area contributed by atoms with Crippen LogP contribution in [-0.2, 0) is 19.1 Å². The van der Waals surface area contributed by atoms with Gasteiger partial charge < -0.3 is 24.1 Å². The zero-order chi connectivity index (χ0) is 23.9. The second-order valence-electron chi connectivity index (χ2n) is 7.52. The molecule has 0 saturated carbocycles. The Labute approximate surface area is 199 Å². The molecule has 3 aromatic heterocycles. The predicted octanol–water partition coefficient (Wildman–Crippen LogP) is 3.37. The second kappa shape index (κ2) is 10.9. The molecule has 0 unspecified atom stereocenters. The lowest BCUT2D eigenvalue weighted by Crippen LogP contribution is -2.38. The van der Waals surface area contributed by atoms with Gasteiger partial charge in [-0.05, 0) is 38.0 Å². The zero-order valence-electron chi connectivity index (χ0n) is 18.6. The Kier molecular flexibility index (Phi) is 7.53. The Morgan fingerprint density at radius 3 is 2.62 bits per heavy atom. The first-order valence-corrected chi connectivity index (χ1v) is 11.8. The fourth-order valence-electron chi connectivity index (χ4n) is 3.66. The minimum Gasteiger partial charge on any atom is -0.464 e. The molecule has 3 aromatic rings. The Bertz CT molecular complexity index is 1120. The van der Waals surface area contributed by atoms with Crippen molar-refractivity contribution in [2.24, 2.45) is 5.92 Å². The number of piperidine rings is 1. The molecule has 1 amide bonds. The third-order valence-corrected chi connectivity index (χ3v) is 6.21. The lowest BCUT2D eigenvalue weighted by Gasteiger charge is -2.30. The number of carbonyl (C=O) groups is 3. The number of esters is 2. The van der Waals surface area contributed by atoms with Gasteiger partial charge >= 0.3 is 11.9 Å². The van der Waals surface area contributed by atoms with E-state index in [1.54, 1.807) is 42.9 Å². The van der Waals surface area contributed by atoms with Crippen LogP contribution in [0.25, 0.3) is 11.3 Å². The van der Waals surface area contributed by atoms with Gasteiger partial charge in [0.2, 0.25) is 5.95 Å². The molecule has 0 spiro atoms. The van der Waals surface area contributed by atoms with Crippen LogP contribution in [0.15, 0.2) is 46.7 Å². The number of nitrogens with zero attached hydrogens (tertiary/aromatic N) is 3. The first-order chi connectivity index (χ1) is 16.6. The van der Waals surface area contributed by atoms with E-state index in [1.165, 1.54) is 17.6 Å². The summed E-state index contributed by atoms with van der Waals surface area (Å²) in [4.78, 5) is 48.0. The molecular formula is C23H24N4O6S. The molecule has 0 atom stereocenters. The summed E-state index contributed by atoms with van der Waals surface area (Å²) in [6, 6.07) is 5.17. The van der Waals surface area contributed by atoms with E-state index >= 15 is 0 Å². The standard InChI is InChI=1S/C23H24N4O6S/c1-2-31-22(30)19-16(17-5-3-12-32-17)14-34-20(19)26-18(28)13-33-21(29)15-6-10-27(11-7-15)23-24-8-4-9-25-23/h3-5,8-9,12,14-15H,2,6-7,10-11,13H2,1H3,(H,26,28). The maximum atomic E-state index is 12.5. The molecule has 0 radical (unpaired) electrons. The highest BCUT2D eigenvalue weighted by Crippen LogP contribution is 2.36. The average Bonchev–Trinajstić information content (AvgIpc) is 3.53. The fraction of sp³-hybridized carbons (Fsp3) is 0.348. The van der Waals surface area contributed by atoms with E-state index in [2.05, 4.69) is 15.3 Å². The van der Waals surface area contributed by atoms with Crippen molar-refractivity contribution in [3.63, 3.8) is 0 Å². The predicted molar refractivity (Wildman–Crippen MR) is 125 cm³/mol. The van der Waals surface area contributed by atoms with Gasteiger partial charge in [-0.25, -0.2) is 14.8 Å². The second-order valence-corrected chi connectivity index (χ2v) is 8.40. The SMILES string of the molecule is CCOC(=O)c1c(-c2ccco2)csc1NC(=O)COC(=O)C1CCN(c2ncccn2)CC1. The summed E-state index contributed by atoms with van der Waals surface area (Å²) in [6.07, 6.45) is 6.03. The van der Waals surface area contributed by atoms with Crippen molar-refractivity contribution in [3.05, 3.63) is 47.8 Å². The van der Waals surface area contributed by atoms with E-state index in [0.717, 1.165) is 0 Å². The van der Waals surface area contributed by atoms with Gasteiger partial charge in [0.15, 0.2) is 6.61 Å². The number of anilines is 2.